The molecule has 0 atom stereocenters. The minimum absolute atomic E-state index is 0.119. The largest absolute Gasteiger partial charge is 0.482 e. The molecule has 2 heterocycles. The maximum absolute atomic E-state index is 11.6. The molecule has 0 aliphatic carbocycles. The molecule has 0 spiro atoms. The summed E-state index contributed by atoms with van der Waals surface area (Å²) in [6, 6.07) is 5.47. The van der Waals surface area contributed by atoms with Crippen molar-refractivity contribution in [3.63, 3.8) is 0 Å². The van der Waals surface area contributed by atoms with E-state index in [2.05, 4.69) is 5.32 Å². The molecule has 2 aromatic heterocycles. The molecule has 106 valence electrons. The first-order chi connectivity index (χ1) is 9.56. The predicted octanol–water partition coefficient (Wildman–Crippen LogP) is 2.51. The predicted molar refractivity (Wildman–Crippen MR) is 77.7 cm³/mol. The van der Waals surface area contributed by atoms with Crippen molar-refractivity contribution < 1.29 is 19.4 Å². The highest BCUT2D eigenvalue weighted by Crippen LogP contribution is 2.28. The van der Waals surface area contributed by atoms with E-state index in [1.807, 2.05) is 17.5 Å². The number of carbonyl (C=O) groups is 2. The van der Waals surface area contributed by atoms with Gasteiger partial charge in [0.1, 0.15) is 5.75 Å². The summed E-state index contributed by atoms with van der Waals surface area (Å²) in [6.45, 7) is 2.05. The molecule has 20 heavy (non-hydrogen) atoms. The lowest BCUT2D eigenvalue weighted by Crippen LogP contribution is -2.28. The Morgan fingerprint density at radius 1 is 1.45 bits per heavy atom. The summed E-state index contributed by atoms with van der Waals surface area (Å²) in [5.41, 5.74) is 0. The van der Waals surface area contributed by atoms with E-state index in [1.165, 1.54) is 0 Å². The van der Waals surface area contributed by atoms with E-state index in [1.54, 1.807) is 24.3 Å². The van der Waals surface area contributed by atoms with Crippen molar-refractivity contribution >= 4 is 34.6 Å². The van der Waals surface area contributed by atoms with Gasteiger partial charge < -0.3 is 15.2 Å². The molecule has 0 bridgehead atoms. The quantitative estimate of drug-likeness (QED) is 0.859. The molecular weight excluding hydrogens is 298 g/mol. The van der Waals surface area contributed by atoms with Gasteiger partial charge in [-0.3, -0.25) is 4.79 Å². The molecule has 0 aliphatic rings. The second-order valence-corrected chi connectivity index (χ2v) is 6.29. The SMILES string of the molecule is Cc1cc(OCC(=O)NCc2cccs2)c(C(=O)O)s1. The van der Waals surface area contributed by atoms with Gasteiger partial charge in [0, 0.05) is 9.75 Å². The number of carboxylic acid groups (broad SMARTS) is 1. The minimum Gasteiger partial charge on any atom is -0.482 e. The minimum atomic E-state index is -1.04. The zero-order chi connectivity index (χ0) is 14.5. The maximum Gasteiger partial charge on any atom is 0.349 e. The van der Waals surface area contributed by atoms with Crippen LogP contribution in [-0.2, 0) is 11.3 Å². The van der Waals surface area contributed by atoms with Crippen LogP contribution in [0.2, 0.25) is 0 Å². The lowest BCUT2D eigenvalue weighted by Gasteiger charge is -2.06. The van der Waals surface area contributed by atoms with Crippen LogP contribution in [0.4, 0.5) is 0 Å². The van der Waals surface area contributed by atoms with E-state index in [0.717, 1.165) is 21.1 Å². The van der Waals surface area contributed by atoms with E-state index in [-0.39, 0.29) is 23.1 Å². The van der Waals surface area contributed by atoms with Gasteiger partial charge in [-0.2, -0.15) is 0 Å². The van der Waals surface area contributed by atoms with Crippen LogP contribution >= 0.6 is 22.7 Å². The van der Waals surface area contributed by atoms with Crippen molar-refractivity contribution in [3.05, 3.63) is 38.2 Å². The van der Waals surface area contributed by atoms with Crippen molar-refractivity contribution in [1.29, 1.82) is 0 Å². The number of carboxylic acids is 1. The number of aryl methyl sites for hydroxylation is 1. The Bertz CT molecular complexity index is 604. The van der Waals surface area contributed by atoms with Gasteiger partial charge in [0.05, 0.1) is 6.54 Å². The zero-order valence-electron chi connectivity index (χ0n) is 10.7. The Hall–Kier alpha value is -1.86. The highest BCUT2D eigenvalue weighted by Gasteiger charge is 2.16. The number of hydrogen-bond acceptors (Lipinski definition) is 5. The Labute approximate surface area is 123 Å². The van der Waals surface area contributed by atoms with E-state index in [9.17, 15) is 9.59 Å². The van der Waals surface area contributed by atoms with Gasteiger partial charge in [-0.05, 0) is 24.4 Å². The van der Waals surface area contributed by atoms with Crippen LogP contribution in [0.15, 0.2) is 23.6 Å². The molecular formula is C13H13NO4S2. The highest BCUT2D eigenvalue weighted by molar-refractivity contribution is 7.14. The average molecular weight is 311 g/mol. The fourth-order valence-electron chi connectivity index (χ4n) is 1.54. The summed E-state index contributed by atoms with van der Waals surface area (Å²) < 4.78 is 5.27. The van der Waals surface area contributed by atoms with Crippen molar-refractivity contribution in [2.24, 2.45) is 0 Å². The maximum atomic E-state index is 11.6. The molecule has 7 heteroatoms. The fourth-order valence-corrected chi connectivity index (χ4v) is 2.98. The number of thiophene rings is 2. The van der Waals surface area contributed by atoms with Gasteiger partial charge >= 0.3 is 5.97 Å². The molecule has 0 fully saturated rings. The summed E-state index contributed by atoms with van der Waals surface area (Å²) in [5.74, 6) is -1.08. The topological polar surface area (TPSA) is 75.6 Å². The van der Waals surface area contributed by atoms with Crippen molar-refractivity contribution in [2.45, 2.75) is 13.5 Å². The average Bonchev–Trinajstić information content (AvgIpc) is 3.03. The molecule has 2 N–H and O–H groups in total. The van der Waals surface area contributed by atoms with Crippen LogP contribution in [0.3, 0.4) is 0 Å². The molecule has 2 aromatic rings. The molecule has 0 aliphatic heterocycles. The molecule has 0 saturated heterocycles. The Balaban J connectivity index is 1.85. The molecule has 5 nitrogen and oxygen atoms in total. The molecule has 0 saturated carbocycles. The summed E-state index contributed by atoms with van der Waals surface area (Å²) >= 11 is 2.69. The Morgan fingerprint density at radius 3 is 2.90 bits per heavy atom. The van der Waals surface area contributed by atoms with Gasteiger partial charge in [0.2, 0.25) is 0 Å². The molecule has 0 radical (unpaired) electrons. The second-order valence-electron chi connectivity index (χ2n) is 4.00. The standard InChI is InChI=1S/C13H13NO4S2/c1-8-5-10(12(20-8)13(16)17)18-7-11(15)14-6-9-3-2-4-19-9/h2-5H,6-7H2,1H3,(H,14,15)(H,16,17). The molecule has 0 aromatic carbocycles. The number of rotatable bonds is 6. The number of hydrogen-bond donors (Lipinski definition) is 2. The van der Waals surface area contributed by atoms with Gasteiger partial charge in [-0.25, -0.2) is 4.79 Å². The van der Waals surface area contributed by atoms with E-state index in [0.29, 0.717) is 6.54 Å². The summed E-state index contributed by atoms with van der Waals surface area (Å²) in [4.78, 5) is 24.6. The van der Waals surface area contributed by atoms with Crippen LogP contribution in [0.25, 0.3) is 0 Å². The molecule has 0 unspecified atom stereocenters. The third-order valence-corrected chi connectivity index (χ3v) is 4.31. The van der Waals surface area contributed by atoms with Crippen LogP contribution < -0.4 is 10.1 Å². The van der Waals surface area contributed by atoms with Crippen molar-refractivity contribution in [3.8, 4) is 5.75 Å². The number of carbonyl (C=O) groups excluding carboxylic acids is 1. The number of ether oxygens (including phenoxy) is 1. The smallest absolute Gasteiger partial charge is 0.349 e. The van der Waals surface area contributed by atoms with E-state index < -0.39 is 5.97 Å². The monoisotopic (exact) mass is 311 g/mol. The number of aromatic carboxylic acids is 1. The van der Waals surface area contributed by atoms with Crippen LogP contribution in [0, 0.1) is 6.92 Å². The zero-order valence-corrected chi connectivity index (χ0v) is 12.3. The van der Waals surface area contributed by atoms with Crippen molar-refractivity contribution in [1.82, 2.24) is 5.32 Å². The molecule has 1 amide bonds. The first kappa shape index (κ1) is 14.5. The summed E-state index contributed by atoms with van der Waals surface area (Å²) in [5, 5.41) is 13.7. The van der Waals surface area contributed by atoms with Gasteiger partial charge in [-0.15, -0.1) is 22.7 Å². The number of amides is 1. The molecule has 2 rings (SSSR count). The fraction of sp³-hybridized carbons (Fsp3) is 0.231. The Kier molecular flexibility index (Phi) is 4.75. The van der Waals surface area contributed by atoms with Crippen LogP contribution in [0.5, 0.6) is 5.75 Å². The lowest BCUT2D eigenvalue weighted by atomic mass is 10.4. The highest BCUT2D eigenvalue weighted by atomic mass is 32.1. The first-order valence-corrected chi connectivity index (χ1v) is 7.51. The van der Waals surface area contributed by atoms with Crippen LogP contribution in [-0.4, -0.2) is 23.6 Å². The lowest BCUT2D eigenvalue weighted by molar-refractivity contribution is -0.123. The van der Waals surface area contributed by atoms with Crippen molar-refractivity contribution in [2.75, 3.05) is 6.61 Å². The van der Waals surface area contributed by atoms with Crippen LogP contribution in [0.1, 0.15) is 19.4 Å². The van der Waals surface area contributed by atoms with Gasteiger partial charge in [0.25, 0.3) is 5.91 Å². The normalized spacial score (nSPS) is 10.2. The Morgan fingerprint density at radius 2 is 2.25 bits per heavy atom. The van der Waals surface area contributed by atoms with E-state index in [4.69, 9.17) is 9.84 Å². The first-order valence-electron chi connectivity index (χ1n) is 5.82. The van der Waals surface area contributed by atoms with Gasteiger partial charge in [0.15, 0.2) is 11.5 Å². The van der Waals surface area contributed by atoms with E-state index >= 15 is 0 Å². The third-order valence-electron chi connectivity index (χ3n) is 2.41. The van der Waals surface area contributed by atoms with Gasteiger partial charge in [-0.1, -0.05) is 6.07 Å². The second kappa shape index (κ2) is 6.53. The third kappa shape index (κ3) is 3.82. The number of nitrogens with one attached hydrogen (secondary N) is 1. The summed E-state index contributed by atoms with van der Waals surface area (Å²) in [7, 11) is 0. The summed E-state index contributed by atoms with van der Waals surface area (Å²) in [6.07, 6.45) is 0.